The van der Waals surface area contributed by atoms with Crippen molar-refractivity contribution < 1.29 is 13.6 Å². The molecule has 118 valence electrons. The third-order valence-electron chi connectivity index (χ3n) is 3.46. The number of nitrogens with two attached hydrogens (primary N) is 1. The van der Waals surface area contributed by atoms with E-state index in [9.17, 15) is 13.6 Å². The van der Waals surface area contributed by atoms with Gasteiger partial charge in [-0.05, 0) is 36.2 Å². The first kappa shape index (κ1) is 16.4. The molecule has 0 aromatic heterocycles. The SMILES string of the molecule is N#Cc1c(F)cccc1NC[C@H](Cc1ccc(F)cc1)C(N)=O. The van der Waals surface area contributed by atoms with Crippen LogP contribution in [0.15, 0.2) is 42.5 Å². The molecule has 3 N–H and O–H groups in total. The van der Waals surface area contributed by atoms with E-state index in [1.165, 1.54) is 24.3 Å². The van der Waals surface area contributed by atoms with Gasteiger partial charge < -0.3 is 11.1 Å². The Bertz CT molecular complexity index is 738. The first-order valence-electron chi connectivity index (χ1n) is 6.97. The molecule has 6 heteroatoms. The van der Waals surface area contributed by atoms with Gasteiger partial charge in [-0.3, -0.25) is 4.79 Å². The number of benzene rings is 2. The number of rotatable bonds is 6. The lowest BCUT2D eigenvalue weighted by atomic mass is 9.98. The summed E-state index contributed by atoms with van der Waals surface area (Å²) in [5.74, 6) is -2.10. The van der Waals surface area contributed by atoms with Gasteiger partial charge in [0, 0.05) is 6.54 Å². The lowest BCUT2D eigenvalue weighted by Crippen LogP contribution is -2.31. The first-order valence-corrected chi connectivity index (χ1v) is 6.97. The minimum absolute atomic E-state index is 0.113. The molecule has 0 aliphatic carbocycles. The van der Waals surface area contributed by atoms with Crippen LogP contribution in [0.25, 0.3) is 0 Å². The van der Waals surface area contributed by atoms with E-state index in [-0.39, 0.29) is 17.9 Å². The van der Waals surface area contributed by atoms with Crippen LogP contribution in [0.2, 0.25) is 0 Å². The first-order chi connectivity index (χ1) is 11.0. The minimum Gasteiger partial charge on any atom is -0.383 e. The summed E-state index contributed by atoms with van der Waals surface area (Å²) in [5.41, 5.74) is 6.34. The number of nitrogens with one attached hydrogen (secondary N) is 1. The molecule has 0 bridgehead atoms. The largest absolute Gasteiger partial charge is 0.383 e. The van der Waals surface area contributed by atoms with E-state index < -0.39 is 17.6 Å². The Morgan fingerprint density at radius 3 is 2.52 bits per heavy atom. The van der Waals surface area contributed by atoms with Crippen molar-refractivity contribution in [2.45, 2.75) is 6.42 Å². The summed E-state index contributed by atoms with van der Waals surface area (Å²) in [4.78, 5) is 11.6. The zero-order valence-electron chi connectivity index (χ0n) is 12.2. The molecule has 1 atom stereocenters. The summed E-state index contributed by atoms with van der Waals surface area (Å²) in [6.45, 7) is 0.144. The van der Waals surface area contributed by atoms with E-state index in [0.29, 0.717) is 12.1 Å². The van der Waals surface area contributed by atoms with Crippen LogP contribution < -0.4 is 11.1 Å². The lowest BCUT2D eigenvalue weighted by molar-refractivity contribution is -0.121. The molecule has 2 aromatic carbocycles. The van der Waals surface area contributed by atoms with Crippen LogP contribution in [-0.2, 0) is 11.2 Å². The average molecular weight is 315 g/mol. The average Bonchev–Trinajstić information content (AvgIpc) is 2.53. The van der Waals surface area contributed by atoms with Gasteiger partial charge >= 0.3 is 0 Å². The molecule has 0 aliphatic heterocycles. The maximum Gasteiger partial charge on any atom is 0.222 e. The van der Waals surface area contributed by atoms with Gasteiger partial charge in [0.05, 0.1) is 11.6 Å². The zero-order chi connectivity index (χ0) is 16.8. The zero-order valence-corrected chi connectivity index (χ0v) is 12.2. The van der Waals surface area contributed by atoms with Crippen molar-refractivity contribution >= 4 is 11.6 Å². The lowest BCUT2D eigenvalue weighted by Gasteiger charge is -2.16. The van der Waals surface area contributed by atoms with Crippen molar-refractivity contribution in [1.29, 1.82) is 5.26 Å². The number of carbonyl (C=O) groups is 1. The van der Waals surface area contributed by atoms with Crippen LogP contribution in [0.1, 0.15) is 11.1 Å². The van der Waals surface area contributed by atoms with E-state index in [1.54, 1.807) is 24.3 Å². The van der Waals surface area contributed by atoms with Crippen LogP contribution in [0.5, 0.6) is 0 Å². The van der Waals surface area contributed by atoms with Gasteiger partial charge in [-0.1, -0.05) is 18.2 Å². The Labute approximate surface area is 132 Å². The fourth-order valence-corrected chi connectivity index (χ4v) is 2.20. The van der Waals surface area contributed by atoms with E-state index in [0.717, 1.165) is 5.56 Å². The Morgan fingerprint density at radius 1 is 1.22 bits per heavy atom. The quantitative estimate of drug-likeness (QED) is 0.860. The standard InChI is InChI=1S/C17H15F2N3O/c18-13-6-4-11(5-7-13)8-12(17(21)23)10-22-16-3-1-2-15(19)14(16)9-20/h1-7,12,22H,8,10H2,(H2,21,23)/t12-/m0/s1. The summed E-state index contributed by atoms with van der Waals surface area (Å²) in [5, 5.41) is 11.9. The molecule has 0 saturated carbocycles. The summed E-state index contributed by atoms with van der Waals surface area (Å²) in [7, 11) is 0. The molecule has 0 spiro atoms. The molecule has 0 fully saturated rings. The van der Waals surface area contributed by atoms with Crippen molar-refractivity contribution in [1.82, 2.24) is 0 Å². The Balaban J connectivity index is 2.09. The van der Waals surface area contributed by atoms with Crippen molar-refractivity contribution in [3.63, 3.8) is 0 Å². The second-order valence-corrected chi connectivity index (χ2v) is 5.08. The molecule has 0 unspecified atom stereocenters. The van der Waals surface area contributed by atoms with Gasteiger partial charge in [-0.2, -0.15) is 5.26 Å². The number of hydrogen-bond acceptors (Lipinski definition) is 3. The number of nitrogens with zero attached hydrogens (tertiary/aromatic N) is 1. The number of hydrogen-bond donors (Lipinski definition) is 2. The fourth-order valence-electron chi connectivity index (χ4n) is 2.20. The Hall–Kier alpha value is -2.94. The van der Waals surface area contributed by atoms with Crippen LogP contribution in [0, 0.1) is 28.9 Å². The molecule has 2 aromatic rings. The highest BCUT2D eigenvalue weighted by Crippen LogP contribution is 2.19. The molecule has 0 radical (unpaired) electrons. The topological polar surface area (TPSA) is 78.9 Å². The summed E-state index contributed by atoms with van der Waals surface area (Å²) in [6.07, 6.45) is 0.319. The highest BCUT2D eigenvalue weighted by atomic mass is 19.1. The Kier molecular flexibility index (Phi) is 5.26. The predicted octanol–water partition coefficient (Wildman–Crippen LogP) is 2.59. The van der Waals surface area contributed by atoms with E-state index in [4.69, 9.17) is 11.0 Å². The molecule has 2 rings (SSSR count). The molecule has 1 amide bonds. The molecular weight excluding hydrogens is 300 g/mol. The minimum atomic E-state index is -0.633. The van der Waals surface area contributed by atoms with Crippen molar-refractivity contribution in [2.24, 2.45) is 11.7 Å². The maximum absolute atomic E-state index is 13.5. The van der Waals surface area contributed by atoms with Gasteiger partial charge in [-0.15, -0.1) is 0 Å². The second kappa shape index (κ2) is 7.36. The normalized spacial score (nSPS) is 11.5. The number of amides is 1. The molecule has 0 heterocycles. The van der Waals surface area contributed by atoms with Crippen LogP contribution in [-0.4, -0.2) is 12.5 Å². The monoisotopic (exact) mass is 315 g/mol. The van der Waals surface area contributed by atoms with Crippen LogP contribution >= 0.6 is 0 Å². The number of halogens is 2. The number of primary amides is 1. The molecule has 0 aliphatic rings. The Morgan fingerprint density at radius 2 is 1.91 bits per heavy atom. The van der Waals surface area contributed by atoms with Gasteiger partial charge in [0.2, 0.25) is 5.91 Å². The summed E-state index contributed by atoms with van der Waals surface area (Å²) >= 11 is 0. The fraction of sp³-hybridized carbons (Fsp3) is 0.176. The molecular formula is C17H15F2N3O. The number of carbonyl (C=O) groups excluding carboxylic acids is 1. The molecule has 23 heavy (non-hydrogen) atoms. The van der Waals surface area contributed by atoms with Gasteiger partial charge in [0.15, 0.2) is 0 Å². The van der Waals surface area contributed by atoms with Gasteiger partial charge in [-0.25, -0.2) is 8.78 Å². The van der Waals surface area contributed by atoms with Gasteiger partial charge in [0.25, 0.3) is 0 Å². The highest BCUT2D eigenvalue weighted by molar-refractivity contribution is 5.77. The maximum atomic E-state index is 13.5. The van der Waals surface area contributed by atoms with E-state index in [2.05, 4.69) is 5.32 Å². The van der Waals surface area contributed by atoms with Crippen LogP contribution in [0.3, 0.4) is 0 Å². The van der Waals surface area contributed by atoms with Crippen molar-refractivity contribution in [2.75, 3.05) is 11.9 Å². The molecule has 0 saturated heterocycles. The van der Waals surface area contributed by atoms with Crippen molar-refractivity contribution in [3.8, 4) is 6.07 Å². The third kappa shape index (κ3) is 4.27. The summed E-state index contributed by atoms with van der Waals surface area (Å²) < 4.78 is 26.4. The summed E-state index contributed by atoms with van der Waals surface area (Å²) in [6, 6.07) is 11.8. The number of anilines is 1. The third-order valence-corrected chi connectivity index (χ3v) is 3.46. The number of nitriles is 1. The smallest absolute Gasteiger partial charge is 0.222 e. The molecule has 4 nitrogen and oxygen atoms in total. The second-order valence-electron chi connectivity index (χ2n) is 5.08. The van der Waals surface area contributed by atoms with Crippen LogP contribution in [0.4, 0.5) is 14.5 Å². The highest BCUT2D eigenvalue weighted by Gasteiger charge is 2.17. The van der Waals surface area contributed by atoms with E-state index >= 15 is 0 Å². The van der Waals surface area contributed by atoms with Crippen molar-refractivity contribution in [3.05, 3.63) is 65.2 Å². The predicted molar refractivity (Wildman–Crippen MR) is 82.4 cm³/mol. The van der Waals surface area contributed by atoms with Gasteiger partial charge in [0.1, 0.15) is 23.3 Å². The van der Waals surface area contributed by atoms with E-state index in [1.807, 2.05) is 0 Å².